The molecule has 2 N–H and O–H groups in total. The maximum Gasteiger partial charge on any atom is 0.231 e. The van der Waals surface area contributed by atoms with Gasteiger partial charge in [0.05, 0.1) is 0 Å². The van der Waals surface area contributed by atoms with Gasteiger partial charge in [-0.15, -0.1) is 0 Å². The number of aliphatic hydroxyl groups is 2. The van der Waals surface area contributed by atoms with Crippen LogP contribution in [0.5, 0.6) is 0 Å². The third-order valence-corrected chi connectivity index (χ3v) is 3.54. The van der Waals surface area contributed by atoms with E-state index in [1.54, 1.807) is 30.3 Å². The number of benzene rings is 1. The molecule has 1 aliphatic carbocycles. The summed E-state index contributed by atoms with van der Waals surface area (Å²) in [6, 6.07) is 8.49. The molecule has 0 saturated heterocycles. The van der Waals surface area contributed by atoms with Gasteiger partial charge in [-0.25, -0.2) is 0 Å². The number of hydrogen-bond donors (Lipinski definition) is 2. The minimum absolute atomic E-state index is 0.330. The van der Waals surface area contributed by atoms with Crippen LogP contribution in [0.2, 0.25) is 0 Å². The van der Waals surface area contributed by atoms with Gasteiger partial charge in [0.15, 0.2) is 0 Å². The van der Waals surface area contributed by atoms with Crippen LogP contribution in [0, 0.1) is 5.92 Å². The first-order valence-corrected chi connectivity index (χ1v) is 6.17. The average molecular weight is 234 g/mol. The summed E-state index contributed by atoms with van der Waals surface area (Å²) >= 11 is 0. The predicted octanol–water partition coefficient (Wildman–Crippen LogP) is 2.13. The van der Waals surface area contributed by atoms with E-state index in [0.29, 0.717) is 18.4 Å². The topological polar surface area (TPSA) is 57.5 Å². The van der Waals surface area contributed by atoms with E-state index in [2.05, 4.69) is 0 Å². The zero-order valence-electron chi connectivity index (χ0n) is 9.80. The van der Waals surface area contributed by atoms with Crippen LogP contribution in [0.3, 0.4) is 0 Å². The Morgan fingerprint density at radius 1 is 1.06 bits per heavy atom. The van der Waals surface area contributed by atoms with Gasteiger partial charge in [-0.3, -0.25) is 4.79 Å². The Labute approximate surface area is 101 Å². The molecular weight excluding hydrogens is 216 g/mol. The van der Waals surface area contributed by atoms with E-state index in [0.717, 1.165) is 19.3 Å². The van der Waals surface area contributed by atoms with E-state index < -0.39 is 11.6 Å². The van der Waals surface area contributed by atoms with Gasteiger partial charge in [0.25, 0.3) is 0 Å². The van der Waals surface area contributed by atoms with Crippen molar-refractivity contribution in [1.82, 2.24) is 0 Å². The van der Waals surface area contributed by atoms with Crippen LogP contribution in [-0.2, 0) is 0 Å². The average Bonchev–Trinajstić information content (AvgIpc) is 2.40. The molecule has 0 bridgehead atoms. The molecule has 1 aromatic rings. The molecule has 17 heavy (non-hydrogen) atoms. The van der Waals surface area contributed by atoms with Crippen LogP contribution >= 0.6 is 0 Å². The van der Waals surface area contributed by atoms with Gasteiger partial charge >= 0.3 is 0 Å². The normalized spacial score (nSPS) is 18.0. The molecule has 92 valence electrons. The maximum absolute atomic E-state index is 12.1. The lowest BCUT2D eigenvalue weighted by Gasteiger charge is -2.32. The minimum Gasteiger partial charge on any atom is -0.359 e. The smallest absolute Gasteiger partial charge is 0.231 e. The predicted molar refractivity (Wildman–Crippen MR) is 64.5 cm³/mol. The van der Waals surface area contributed by atoms with Crippen molar-refractivity contribution >= 4 is 5.78 Å². The zero-order valence-corrected chi connectivity index (χ0v) is 9.80. The Morgan fingerprint density at radius 2 is 1.65 bits per heavy atom. The molecule has 0 amide bonds. The summed E-state index contributed by atoms with van der Waals surface area (Å²) in [7, 11) is 0. The van der Waals surface area contributed by atoms with E-state index in [1.807, 2.05) is 0 Å². The third kappa shape index (κ3) is 2.56. The fourth-order valence-electron chi connectivity index (χ4n) is 2.49. The minimum atomic E-state index is -2.21. The molecule has 0 unspecified atom stereocenters. The van der Waals surface area contributed by atoms with Crippen molar-refractivity contribution in [1.29, 1.82) is 0 Å². The van der Waals surface area contributed by atoms with Gasteiger partial charge in [-0.2, -0.15) is 0 Å². The number of carbonyl (C=O) groups is 1. The van der Waals surface area contributed by atoms with Gasteiger partial charge < -0.3 is 10.2 Å². The quantitative estimate of drug-likeness (QED) is 0.622. The highest BCUT2D eigenvalue weighted by Crippen LogP contribution is 2.33. The maximum atomic E-state index is 12.1. The lowest BCUT2D eigenvalue weighted by Crippen LogP contribution is -2.46. The molecule has 0 spiro atoms. The molecule has 0 aromatic heterocycles. The SMILES string of the molecule is O=C(c1ccccc1)C(O)(O)C1CCCCC1. The van der Waals surface area contributed by atoms with Crippen molar-refractivity contribution in [3.63, 3.8) is 0 Å². The highest BCUT2D eigenvalue weighted by molar-refractivity contribution is 6.01. The highest BCUT2D eigenvalue weighted by atomic mass is 16.5. The van der Waals surface area contributed by atoms with Crippen LogP contribution in [0.4, 0.5) is 0 Å². The first-order chi connectivity index (χ1) is 8.12. The van der Waals surface area contributed by atoms with E-state index in [1.165, 1.54) is 0 Å². The molecule has 0 heterocycles. The standard InChI is InChI=1S/C14H18O3/c15-13(11-7-3-1-4-8-11)14(16,17)12-9-5-2-6-10-12/h1,3-4,7-8,12,16-17H,2,5-6,9-10H2. The fourth-order valence-corrected chi connectivity index (χ4v) is 2.49. The van der Waals surface area contributed by atoms with Gasteiger partial charge in [0.2, 0.25) is 11.6 Å². The Morgan fingerprint density at radius 3 is 2.24 bits per heavy atom. The van der Waals surface area contributed by atoms with Gasteiger partial charge in [-0.05, 0) is 12.8 Å². The molecule has 1 aliphatic rings. The van der Waals surface area contributed by atoms with Crippen LogP contribution in [0.1, 0.15) is 42.5 Å². The second-order valence-corrected chi connectivity index (χ2v) is 4.76. The first-order valence-electron chi connectivity index (χ1n) is 6.17. The molecule has 3 nitrogen and oxygen atoms in total. The zero-order chi connectivity index (χ0) is 12.3. The van der Waals surface area contributed by atoms with Crippen LogP contribution in [0.15, 0.2) is 30.3 Å². The molecule has 1 saturated carbocycles. The summed E-state index contributed by atoms with van der Waals surface area (Å²) in [4.78, 5) is 12.1. The molecule has 0 radical (unpaired) electrons. The molecule has 1 aromatic carbocycles. The molecule has 1 fully saturated rings. The number of Topliss-reactive ketones (excluding diaryl/α,β-unsaturated/α-hetero) is 1. The van der Waals surface area contributed by atoms with Crippen molar-refractivity contribution in [2.75, 3.05) is 0 Å². The van der Waals surface area contributed by atoms with Gasteiger partial charge in [0, 0.05) is 11.5 Å². The van der Waals surface area contributed by atoms with Gasteiger partial charge in [-0.1, -0.05) is 49.6 Å². The van der Waals surface area contributed by atoms with Crippen LogP contribution < -0.4 is 0 Å². The highest BCUT2D eigenvalue weighted by Gasteiger charge is 2.42. The van der Waals surface area contributed by atoms with E-state index in [-0.39, 0.29) is 5.92 Å². The fraction of sp³-hybridized carbons (Fsp3) is 0.500. The molecule has 0 aliphatic heterocycles. The second kappa shape index (κ2) is 4.98. The van der Waals surface area contributed by atoms with Crippen molar-refractivity contribution in [3.05, 3.63) is 35.9 Å². The number of hydrogen-bond acceptors (Lipinski definition) is 3. The summed E-state index contributed by atoms with van der Waals surface area (Å²) in [5.41, 5.74) is 0.364. The Hall–Kier alpha value is -1.19. The molecule has 2 rings (SSSR count). The third-order valence-electron chi connectivity index (χ3n) is 3.54. The Balaban J connectivity index is 2.17. The summed E-state index contributed by atoms with van der Waals surface area (Å²) in [5.74, 6) is -3.11. The first kappa shape index (κ1) is 12.3. The summed E-state index contributed by atoms with van der Waals surface area (Å²) in [6.07, 6.45) is 4.48. The van der Waals surface area contributed by atoms with Crippen molar-refractivity contribution in [2.24, 2.45) is 5.92 Å². The monoisotopic (exact) mass is 234 g/mol. The van der Waals surface area contributed by atoms with Crippen LogP contribution in [-0.4, -0.2) is 21.8 Å². The van der Waals surface area contributed by atoms with Crippen molar-refractivity contribution in [3.8, 4) is 0 Å². The van der Waals surface area contributed by atoms with E-state index >= 15 is 0 Å². The van der Waals surface area contributed by atoms with Crippen LogP contribution in [0.25, 0.3) is 0 Å². The number of ketones is 1. The van der Waals surface area contributed by atoms with Crippen molar-refractivity contribution < 1.29 is 15.0 Å². The van der Waals surface area contributed by atoms with Crippen molar-refractivity contribution in [2.45, 2.75) is 37.9 Å². The second-order valence-electron chi connectivity index (χ2n) is 4.76. The molecule has 0 atom stereocenters. The number of carbonyl (C=O) groups excluding carboxylic acids is 1. The Bertz CT molecular complexity index is 378. The van der Waals surface area contributed by atoms with Gasteiger partial charge in [0.1, 0.15) is 0 Å². The largest absolute Gasteiger partial charge is 0.359 e. The van der Waals surface area contributed by atoms with E-state index in [9.17, 15) is 15.0 Å². The summed E-state index contributed by atoms with van der Waals surface area (Å²) < 4.78 is 0. The molecule has 3 heteroatoms. The summed E-state index contributed by atoms with van der Waals surface area (Å²) in [6.45, 7) is 0. The lowest BCUT2D eigenvalue weighted by atomic mass is 9.80. The van der Waals surface area contributed by atoms with E-state index in [4.69, 9.17) is 0 Å². The number of rotatable bonds is 3. The molecular formula is C14H18O3. The summed E-state index contributed by atoms with van der Waals surface area (Å²) in [5, 5.41) is 20.1. The lowest BCUT2D eigenvalue weighted by molar-refractivity contribution is -0.166. The Kier molecular flexibility index (Phi) is 3.60.